The Balaban J connectivity index is 2.55. The molecule has 2 rings (SSSR count). The highest BCUT2D eigenvalue weighted by Gasteiger charge is 2.13. The number of aromatic amines is 1. The van der Waals surface area contributed by atoms with E-state index in [9.17, 15) is 4.79 Å². The lowest BCUT2D eigenvalue weighted by Crippen LogP contribution is -2.27. The Hall–Kier alpha value is -1.81. The van der Waals surface area contributed by atoms with Gasteiger partial charge in [0.1, 0.15) is 0 Å². The van der Waals surface area contributed by atoms with E-state index in [1.807, 2.05) is 19.1 Å². The van der Waals surface area contributed by atoms with E-state index in [0.29, 0.717) is 6.54 Å². The average molecular weight is 315 g/mol. The number of fused-ring (bicyclic) bond motifs is 1. The molecule has 4 heteroatoms. The molecular weight excluding hydrogens is 286 g/mol. The first-order chi connectivity index (χ1) is 11.0. The van der Waals surface area contributed by atoms with Crippen molar-refractivity contribution in [2.24, 2.45) is 0 Å². The fourth-order valence-corrected chi connectivity index (χ4v) is 3.09. The molecule has 1 heterocycles. The molecule has 0 aliphatic rings. The minimum absolute atomic E-state index is 0.164. The number of rotatable bonds is 7. The maximum Gasteiger partial charge on any atom is 0.194 e. The van der Waals surface area contributed by atoms with Crippen molar-refractivity contribution >= 4 is 16.6 Å². The van der Waals surface area contributed by atoms with Crippen LogP contribution in [0.25, 0.3) is 10.9 Å². The van der Waals surface area contributed by atoms with Gasteiger partial charge < -0.3 is 9.88 Å². The smallest absolute Gasteiger partial charge is 0.194 e. The maximum absolute atomic E-state index is 13.0. The van der Waals surface area contributed by atoms with Crippen LogP contribution in [0.1, 0.15) is 39.0 Å². The lowest BCUT2D eigenvalue weighted by molar-refractivity contribution is 0.294. The van der Waals surface area contributed by atoms with Gasteiger partial charge in [0.15, 0.2) is 5.43 Å². The van der Waals surface area contributed by atoms with Crippen molar-refractivity contribution < 1.29 is 0 Å². The van der Waals surface area contributed by atoms with Gasteiger partial charge in [-0.3, -0.25) is 9.69 Å². The SMILES string of the molecule is CCN(CC)Cc1c(C)[nH]c2ccc(N(CC)CC)cc2c1=O. The molecule has 1 aromatic heterocycles. The van der Waals surface area contributed by atoms with E-state index < -0.39 is 0 Å². The summed E-state index contributed by atoms with van der Waals surface area (Å²) in [6.07, 6.45) is 0. The minimum atomic E-state index is 0.164. The van der Waals surface area contributed by atoms with E-state index in [0.717, 1.165) is 54.0 Å². The van der Waals surface area contributed by atoms with Crippen LogP contribution >= 0.6 is 0 Å². The Morgan fingerprint density at radius 3 is 2.22 bits per heavy atom. The largest absolute Gasteiger partial charge is 0.372 e. The standard InChI is InChI=1S/C19H29N3O/c1-6-21(7-2)13-17-14(5)20-18-11-10-15(22(8-3)9-4)12-16(18)19(17)23/h10-12H,6-9,13H2,1-5H3,(H,20,23). The molecule has 0 atom stereocenters. The van der Waals surface area contributed by atoms with Crippen molar-refractivity contribution in [3.63, 3.8) is 0 Å². The molecule has 126 valence electrons. The van der Waals surface area contributed by atoms with Gasteiger partial charge in [0.05, 0.1) is 0 Å². The third-order valence-electron chi connectivity index (χ3n) is 4.70. The van der Waals surface area contributed by atoms with Crippen molar-refractivity contribution in [1.29, 1.82) is 0 Å². The number of hydrogen-bond donors (Lipinski definition) is 1. The molecule has 0 aliphatic carbocycles. The predicted octanol–water partition coefficient (Wildman–Crippen LogP) is 3.52. The monoisotopic (exact) mass is 315 g/mol. The Bertz CT molecular complexity index is 712. The molecule has 1 N–H and O–H groups in total. The zero-order valence-electron chi connectivity index (χ0n) is 15.1. The first-order valence-electron chi connectivity index (χ1n) is 8.68. The van der Waals surface area contributed by atoms with Gasteiger partial charge in [-0.1, -0.05) is 13.8 Å². The zero-order chi connectivity index (χ0) is 17.0. The number of pyridine rings is 1. The third-order valence-corrected chi connectivity index (χ3v) is 4.70. The Kier molecular flexibility index (Phi) is 5.83. The molecule has 0 unspecified atom stereocenters. The molecule has 0 saturated carbocycles. The average Bonchev–Trinajstić information content (AvgIpc) is 2.56. The number of aryl methyl sites for hydroxylation is 1. The molecule has 0 spiro atoms. The van der Waals surface area contributed by atoms with Gasteiger partial charge in [-0.25, -0.2) is 0 Å². The lowest BCUT2D eigenvalue weighted by atomic mass is 10.1. The van der Waals surface area contributed by atoms with E-state index in [1.165, 1.54) is 0 Å². The van der Waals surface area contributed by atoms with E-state index >= 15 is 0 Å². The third kappa shape index (κ3) is 3.58. The van der Waals surface area contributed by atoms with Crippen molar-refractivity contribution in [2.45, 2.75) is 41.2 Å². The van der Waals surface area contributed by atoms with Crippen molar-refractivity contribution in [1.82, 2.24) is 9.88 Å². The van der Waals surface area contributed by atoms with E-state index in [2.05, 4.69) is 48.5 Å². The summed E-state index contributed by atoms with van der Waals surface area (Å²) in [6.45, 7) is 15.0. The second kappa shape index (κ2) is 7.64. The molecule has 0 bridgehead atoms. The quantitative estimate of drug-likeness (QED) is 0.849. The van der Waals surface area contributed by atoms with Gasteiger partial charge in [-0.2, -0.15) is 0 Å². The second-order valence-electron chi connectivity index (χ2n) is 5.92. The van der Waals surface area contributed by atoms with E-state index in [4.69, 9.17) is 0 Å². The summed E-state index contributed by atoms with van der Waals surface area (Å²) in [5, 5.41) is 0.794. The van der Waals surface area contributed by atoms with Gasteiger partial charge in [0.25, 0.3) is 0 Å². The highest BCUT2D eigenvalue weighted by molar-refractivity contribution is 5.83. The Morgan fingerprint density at radius 2 is 1.65 bits per heavy atom. The summed E-state index contributed by atoms with van der Waals surface area (Å²) in [5.74, 6) is 0. The van der Waals surface area contributed by atoms with Gasteiger partial charge in [0.2, 0.25) is 0 Å². The summed E-state index contributed by atoms with van der Waals surface area (Å²) in [7, 11) is 0. The Labute approximate surface area is 139 Å². The number of nitrogens with zero attached hydrogens (tertiary/aromatic N) is 2. The number of nitrogens with one attached hydrogen (secondary N) is 1. The topological polar surface area (TPSA) is 39.3 Å². The summed E-state index contributed by atoms with van der Waals surface area (Å²) in [6, 6.07) is 6.15. The molecule has 0 amide bonds. The van der Waals surface area contributed by atoms with Gasteiger partial charge in [-0.05, 0) is 52.1 Å². The lowest BCUT2D eigenvalue weighted by Gasteiger charge is -2.22. The van der Waals surface area contributed by atoms with Crippen LogP contribution in [0.2, 0.25) is 0 Å². The summed E-state index contributed by atoms with van der Waals surface area (Å²) in [5.41, 5.74) is 4.07. The fourth-order valence-electron chi connectivity index (χ4n) is 3.09. The van der Waals surface area contributed by atoms with Crippen LogP contribution in [0.15, 0.2) is 23.0 Å². The van der Waals surface area contributed by atoms with Crippen molar-refractivity contribution in [3.05, 3.63) is 39.7 Å². The summed E-state index contributed by atoms with van der Waals surface area (Å²) in [4.78, 5) is 21.0. The first kappa shape index (κ1) is 17.5. The molecule has 0 aliphatic heterocycles. The van der Waals surface area contributed by atoms with Crippen LogP contribution in [0.4, 0.5) is 5.69 Å². The number of aromatic nitrogens is 1. The normalized spacial score (nSPS) is 11.4. The number of hydrogen-bond acceptors (Lipinski definition) is 3. The maximum atomic E-state index is 13.0. The Morgan fingerprint density at radius 1 is 1.00 bits per heavy atom. The molecule has 1 aromatic carbocycles. The van der Waals surface area contributed by atoms with Crippen LogP contribution in [-0.2, 0) is 6.54 Å². The van der Waals surface area contributed by atoms with Crippen LogP contribution < -0.4 is 10.3 Å². The second-order valence-corrected chi connectivity index (χ2v) is 5.92. The minimum Gasteiger partial charge on any atom is -0.372 e. The number of benzene rings is 1. The summed E-state index contributed by atoms with van der Waals surface area (Å²) >= 11 is 0. The summed E-state index contributed by atoms with van der Waals surface area (Å²) < 4.78 is 0. The van der Waals surface area contributed by atoms with Crippen LogP contribution in [0, 0.1) is 6.92 Å². The van der Waals surface area contributed by atoms with Crippen LogP contribution in [0.5, 0.6) is 0 Å². The van der Waals surface area contributed by atoms with Crippen LogP contribution in [-0.4, -0.2) is 36.1 Å². The van der Waals surface area contributed by atoms with Crippen molar-refractivity contribution in [2.75, 3.05) is 31.1 Å². The van der Waals surface area contributed by atoms with Crippen LogP contribution in [0.3, 0.4) is 0 Å². The molecular formula is C19H29N3O. The highest BCUT2D eigenvalue weighted by atomic mass is 16.1. The molecule has 4 nitrogen and oxygen atoms in total. The zero-order valence-corrected chi connectivity index (χ0v) is 15.1. The number of H-pyrrole nitrogens is 1. The fraction of sp³-hybridized carbons (Fsp3) is 0.526. The molecule has 0 saturated heterocycles. The first-order valence-corrected chi connectivity index (χ1v) is 8.68. The van der Waals surface area contributed by atoms with Crippen molar-refractivity contribution in [3.8, 4) is 0 Å². The molecule has 0 radical (unpaired) electrons. The highest BCUT2D eigenvalue weighted by Crippen LogP contribution is 2.20. The number of anilines is 1. The molecule has 2 aromatic rings. The predicted molar refractivity (Wildman–Crippen MR) is 99.5 cm³/mol. The van der Waals surface area contributed by atoms with Gasteiger partial charge in [0, 0.05) is 47.5 Å². The van der Waals surface area contributed by atoms with E-state index in [-0.39, 0.29) is 5.43 Å². The molecule has 23 heavy (non-hydrogen) atoms. The van der Waals surface area contributed by atoms with E-state index in [1.54, 1.807) is 0 Å². The molecule has 0 fully saturated rings. The van der Waals surface area contributed by atoms with Gasteiger partial charge in [-0.15, -0.1) is 0 Å². The van der Waals surface area contributed by atoms with Gasteiger partial charge >= 0.3 is 0 Å².